The van der Waals surface area contributed by atoms with Gasteiger partial charge in [-0.15, -0.1) is 0 Å². The van der Waals surface area contributed by atoms with E-state index in [9.17, 15) is 0 Å². The van der Waals surface area contributed by atoms with Gasteiger partial charge in [0.1, 0.15) is 0 Å². The van der Waals surface area contributed by atoms with Crippen molar-refractivity contribution in [1.82, 2.24) is 4.98 Å². The van der Waals surface area contributed by atoms with Gasteiger partial charge in [-0.25, -0.2) is 0 Å². The summed E-state index contributed by atoms with van der Waals surface area (Å²) in [5.74, 6) is 0.837. The predicted octanol–water partition coefficient (Wildman–Crippen LogP) is 2.57. The summed E-state index contributed by atoms with van der Waals surface area (Å²) in [6, 6.07) is 4.02. The van der Waals surface area contributed by atoms with Gasteiger partial charge in [0.25, 0.3) is 0 Å². The number of pyridine rings is 1. The topological polar surface area (TPSA) is 22.1 Å². The maximum Gasteiger partial charge on any atom is 0.0798 e. The summed E-state index contributed by atoms with van der Waals surface area (Å²) in [5.41, 5.74) is 1.22. The quantitative estimate of drug-likeness (QED) is 0.705. The number of rotatable bonds is 4. The van der Waals surface area contributed by atoms with Gasteiger partial charge >= 0.3 is 0 Å². The molecular weight excluding hydrogens is 162 g/mol. The maximum atomic E-state index is 5.72. The molecule has 2 nitrogen and oxygen atoms in total. The van der Waals surface area contributed by atoms with Crippen LogP contribution in [0, 0.1) is 5.92 Å². The monoisotopic (exact) mass is 177 g/mol. The van der Waals surface area contributed by atoms with E-state index in [1.54, 1.807) is 0 Å². The zero-order valence-corrected chi connectivity index (χ0v) is 7.94. The van der Waals surface area contributed by atoms with Crippen molar-refractivity contribution in [2.75, 3.05) is 6.61 Å². The van der Waals surface area contributed by atoms with E-state index in [0.29, 0.717) is 0 Å². The van der Waals surface area contributed by atoms with Crippen LogP contribution < -0.4 is 0 Å². The standard InChI is InChI=1S/C11H15NO/c1-9(13-8-10-2-3-10)11-4-6-12-7-5-11/h4-7,9-10H,2-3,8H2,1H3. The van der Waals surface area contributed by atoms with E-state index in [1.807, 2.05) is 24.5 Å². The molecule has 0 radical (unpaired) electrons. The summed E-state index contributed by atoms with van der Waals surface area (Å²) in [4.78, 5) is 3.98. The molecule has 1 aromatic heterocycles. The second kappa shape index (κ2) is 3.88. The average molecular weight is 177 g/mol. The highest BCUT2D eigenvalue weighted by atomic mass is 16.5. The molecule has 1 aliphatic carbocycles. The lowest BCUT2D eigenvalue weighted by Crippen LogP contribution is -2.02. The predicted molar refractivity (Wildman–Crippen MR) is 51.3 cm³/mol. The number of ether oxygens (including phenoxy) is 1. The Bertz CT molecular complexity index is 256. The van der Waals surface area contributed by atoms with Crippen LogP contribution in [0.25, 0.3) is 0 Å². The van der Waals surface area contributed by atoms with Crippen LogP contribution in [-0.4, -0.2) is 11.6 Å². The Labute approximate surface area is 78.9 Å². The van der Waals surface area contributed by atoms with Gasteiger partial charge in [-0.1, -0.05) is 0 Å². The van der Waals surface area contributed by atoms with Crippen LogP contribution in [0.2, 0.25) is 0 Å². The molecule has 1 heterocycles. The van der Waals surface area contributed by atoms with Crippen LogP contribution in [0.4, 0.5) is 0 Å². The van der Waals surface area contributed by atoms with Gasteiger partial charge in [0, 0.05) is 12.4 Å². The molecule has 2 heteroatoms. The lowest BCUT2D eigenvalue weighted by molar-refractivity contribution is 0.0578. The fourth-order valence-electron chi connectivity index (χ4n) is 1.30. The van der Waals surface area contributed by atoms with Gasteiger partial charge in [-0.3, -0.25) is 4.98 Å². The van der Waals surface area contributed by atoms with E-state index in [4.69, 9.17) is 4.74 Å². The molecule has 13 heavy (non-hydrogen) atoms. The van der Waals surface area contributed by atoms with Crippen molar-refractivity contribution in [3.63, 3.8) is 0 Å². The third kappa shape index (κ3) is 2.52. The molecule has 2 rings (SSSR count). The van der Waals surface area contributed by atoms with E-state index in [-0.39, 0.29) is 6.10 Å². The van der Waals surface area contributed by atoms with Crippen molar-refractivity contribution in [1.29, 1.82) is 0 Å². The first-order valence-electron chi connectivity index (χ1n) is 4.88. The lowest BCUT2D eigenvalue weighted by Gasteiger charge is -2.12. The molecule has 0 spiro atoms. The maximum absolute atomic E-state index is 5.72. The zero-order valence-electron chi connectivity index (χ0n) is 7.94. The van der Waals surface area contributed by atoms with Crippen molar-refractivity contribution in [2.45, 2.75) is 25.9 Å². The number of nitrogens with zero attached hydrogens (tertiary/aromatic N) is 1. The van der Waals surface area contributed by atoms with E-state index in [2.05, 4.69) is 11.9 Å². The molecule has 0 aliphatic heterocycles. The molecule has 1 saturated carbocycles. The fraction of sp³-hybridized carbons (Fsp3) is 0.545. The molecule has 0 N–H and O–H groups in total. The Kier molecular flexibility index (Phi) is 2.60. The third-order valence-electron chi connectivity index (χ3n) is 2.45. The molecule has 1 unspecified atom stereocenters. The smallest absolute Gasteiger partial charge is 0.0798 e. The second-order valence-electron chi connectivity index (χ2n) is 3.70. The molecule has 0 saturated heterocycles. The van der Waals surface area contributed by atoms with Gasteiger partial charge < -0.3 is 4.74 Å². The molecule has 1 aliphatic rings. The van der Waals surface area contributed by atoms with Crippen LogP contribution in [0.1, 0.15) is 31.4 Å². The highest BCUT2D eigenvalue weighted by Gasteiger charge is 2.22. The first-order valence-corrected chi connectivity index (χ1v) is 4.88. The van der Waals surface area contributed by atoms with Gasteiger partial charge in [-0.05, 0) is 43.4 Å². The van der Waals surface area contributed by atoms with E-state index in [0.717, 1.165) is 12.5 Å². The summed E-state index contributed by atoms with van der Waals surface area (Å²) in [7, 11) is 0. The Morgan fingerprint density at radius 2 is 2.15 bits per heavy atom. The minimum Gasteiger partial charge on any atom is -0.374 e. The van der Waals surface area contributed by atoms with Crippen molar-refractivity contribution < 1.29 is 4.74 Å². The average Bonchev–Trinajstić information content (AvgIpc) is 2.99. The summed E-state index contributed by atoms with van der Waals surface area (Å²) in [5, 5.41) is 0. The van der Waals surface area contributed by atoms with Crippen molar-refractivity contribution in [3.8, 4) is 0 Å². The molecule has 1 aromatic rings. The second-order valence-corrected chi connectivity index (χ2v) is 3.70. The molecule has 1 atom stereocenters. The van der Waals surface area contributed by atoms with Crippen molar-refractivity contribution in [2.24, 2.45) is 5.92 Å². The molecule has 0 aromatic carbocycles. The highest BCUT2D eigenvalue weighted by molar-refractivity contribution is 5.12. The molecule has 0 amide bonds. The number of hydrogen-bond acceptors (Lipinski definition) is 2. The fourth-order valence-corrected chi connectivity index (χ4v) is 1.30. The summed E-state index contributed by atoms with van der Waals surface area (Å²) < 4.78 is 5.72. The van der Waals surface area contributed by atoms with Gasteiger partial charge in [0.2, 0.25) is 0 Å². The highest BCUT2D eigenvalue weighted by Crippen LogP contribution is 2.30. The van der Waals surface area contributed by atoms with Crippen LogP contribution in [0.3, 0.4) is 0 Å². The number of aromatic nitrogens is 1. The van der Waals surface area contributed by atoms with Gasteiger partial charge in [0.05, 0.1) is 12.7 Å². The SMILES string of the molecule is CC(OCC1CC1)c1ccncc1. The Morgan fingerprint density at radius 3 is 2.77 bits per heavy atom. The molecule has 70 valence electrons. The Hall–Kier alpha value is -0.890. The first kappa shape index (κ1) is 8.70. The van der Waals surface area contributed by atoms with Crippen molar-refractivity contribution in [3.05, 3.63) is 30.1 Å². The van der Waals surface area contributed by atoms with Crippen LogP contribution in [-0.2, 0) is 4.74 Å². The van der Waals surface area contributed by atoms with Gasteiger partial charge in [-0.2, -0.15) is 0 Å². The van der Waals surface area contributed by atoms with E-state index >= 15 is 0 Å². The van der Waals surface area contributed by atoms with Crippen LogP contribution in [0.15, 0.2) is 24.5 Å². The number of hydrogen-bond donors (Lipinski definition) is 0. The zero-order chi connectivity index (χ0) is 9.10. The Balaban J connectivity index is 1.85. The lowest BCUT2D eigenvalue weighted by atomic mass is 10.2. The van der Waals surface area contributed by atoms with Gasteiger partial charge in [0.15, 0.2) is 0 Å². The minimum atomic E-state index is 0.212. The van der Waals surface area contributed by atoms with E-state index in [1.165, 1.54) is 18.4 Å². The summed E-state index contributed by atoms with van der Waals surface area (Å²) in [6.07, 6.45) is 6.54. The van der Waals surface area contributed by atoms with E-state index < -0.39 is 0 Å². The first-order chi connectivity index (χ1) is 6.36. The normalized spacial score (nSPS) is 18.5. The summed E-state index contributed by atoms with van der Waals surface area (Å²) >= 11 is 0. The molecular formula is C11H15NO. The minimum absolute atomic E-state index is 0.212. The largest absolute Gasteiger partial charge is 0.374 e. The van der Waals surface area contributed by atoms with Crippen LogP contribution in [0.5, 0.6) is 0 Å². The van der Waals surface area contributed by atoms with Crippen molar-refractivity contribution >= 4 is 0 Å². The Morgan fingerprint density at radius 1 is 1.46 bits per heavy atom. The molecule has 1 fully saturated rings. The summed E-state index contributed by atoms with van der Waals surface area (Å²) in [6.45, 7) is 3.02. The molecule has 0 bridgehead atoms. The van der Waals surface area contributed by atoms with Crippen LogP contribution >= 0.6 is 0 Å². The third-order valence-corrected chi connectivity index (χ3v) is 2.45.